The van der Waals surface area contributed by atoms with Crippen LogP contribution in [0.3, 0.4) is 0 Å². The van der Waals surface area contributed by atoms with Crippen molar-refractivity contribution in [3.8, 4) is 0 Å². The predicted molar refractivity (Wildman–Crippen MR) is 178 cm³/mol. The van der Waals surface area contributed by atoms with Crippen LogP contribution >= 0.6 is 0 Å². The molecule has 9 heteroatoms. The molecule has 0 aliphatic heterocycles. The van der Waals surface area contributed by atoms with Crippen LogP contribution in [0.1, 0.15) is 112 Å². The number of aromatic nitrogens is 6. The molecule has 1 saturated carbocycles. The van der Waals surface area contributed by atoms with E-state index >= 15 is 0 Å². The van der Waals surface area contributed by atoms with E-state index < -0.39 is 0 Å². The Morgan fingerprint density at radius 3 is 1.59 bits per heavy atom. The third kappa shape index (κ3) is 7.31. The van der Waals surface area contributed by atoms with Gasteiger partial charge in [0.25, 0.3) is 0 Å². The molecule has 0 unspecified atom stereocenters. The second-order valence-electron chi connectivity index (χ2n) is 11.6. The maximum atomic E-state index is 5.23. The molecule has 2 atom stereocenters. The van der Waals surface area contributed by atoms with Crippen molar-refractivity contribution in [2.24, 2.45) is 0 Å². The first kappa shape index (κ1) is 31.3. The zero-order chi connectivity index (χ0) is 30.7. The number of unbranched alkanes of at least 4 members (excludes halogenated alkanes) is 1. The number of pyridine rings is 2. The molecule has 1 aliphatic carbocycles. The molecular formula is C35H47N9. The van der Waals surface area contributed by atoms with Crippen molar-refractivity contribution in [1.29, 1.82) is 0 Å². The Bertz CT molecular complexity index is 1280. The Morgan fingerprint density at radius 1 is 0.545 bits per heavy atom. The summed E-state index contributed by atoms with van der Waals surface area (Å²) >= 11 is 0. The Hall–Kier alpha value is -4.14. The monoisotopic (exact) mass is 593 g/mol. The van der Waals surface area contributed by atoms with E-state index in [1.807, 2.05) is 24.5 Å². The molecule has 0 spiro atoms. The molecule has 44 heavy (non-hydrogen) atoms. The SMILES string of the molecule is CCCCc1nc(NCCC)cc(C2[C@@H](c3ccccn3)C(c3cc(NCCC)nc(NCCC)n3)[C@@H]2c2ccccn2)n1. The van der Waals surface area contributed by atoms with Crippen LogP contribution in [0.25, 0.3) is 0 Å². The number of anilines is 3. The maximum absolute atomic E-state index is 5.23. The van der Waals surface area contributed by atoms with Gasteiger partial charge in [-0.15, -0.1) is 0 Å². The fraction of sp³-hybridized carbons (Fsp3) is 0.486. The van der Waals surface area contributed by atoms with Crippen molar-refractivity contribution < 1.29 is 0 Å². The standard InChI is InChI=1S/C35H47N9/c1-5-9-16-28-41-26(22-29(43-28)38-17-6-2)33-31(24-14-10-12-20-36-24)34(32(33)25-15-11-13-21-37-25)27-23-30(39-18-7-3)44-35(42-27)40-19-8-4/h10-15,20-23,31-34H,5-9,16-19H2,1-4H3,(H,38,41,43)(H2,39,40,42,44)/t31-,32-,33?,34?/m1/s1. The summed E-state index contributed by atoms with van der Waals surface area (Å²) in [5, 5.41) is 10.5. The number of nitrogens with one attached hydrogen (secondary N) is 3. The number of hydrogen-bond acceptors (Lipinski definition) is 9. The van der Waals surface area contributed by atoms with E-state index in [0.717, 1.165) is 98.4 Å². The van der Waals surface area contributed by atoms with E-state index in [1.165, 1.54) is 0 Å². The largest absolute Gasteiger partial charge is 0.370 e. The summed E-state index contributed by atoms with van der Waals surface area (Å²) in [4.78, 5) is 29.9. The minimum atomic E-state index is 0.0262. The molecule has 9 nitrogen and oxygen atoms in total. The van der Waals surface area contributed by atoms with Gasteiger partial charge in [-0.2, -0.15) is 4.98 Å². The van der Waals surface area contributed by atoms with Crippen molar-refractivity contribution in [1.82, 2.24) is 29.9 Å². The van der Waals surface area contributed by atoms with Crippen LogP contribution in [0.5, 0.6) is 0 Å². The molecular weight excluding hydrogens is 546 g/mol. The summed E-state index contributed by atoms with van der Waals surface area (Å²) in [5.74, 6) is 3.44. The first-order chi connectivity index (χ1) is 21.7. The average molecular weight is 594 g/mol. The van der Waals surface area contributed by atoms with Gasteiger partial charge in [-0.1, -0.05) is 46.2 Å². The Labute approximate surface area is 262 Å². The highest BCUT2D eigenvalue weighted by atomic mass is 15.1. The summed E-state index contributed by atoms with van der Waals surface area (Å²) in [6.45, 7) is 11.2. The molecule has 0 saturated heterocycles. The van der Waals surface area contributed by atoms with Crippen LogP contribution in [0.4, 0.5) is 17.6 Å². The number of rotatable bonds is 16. The molecule has 0 bridgehead atoms. The molecule has 4 aromatic heterocycles. The zero-order valence-electron chi connectivity index (χ0n) is 26.6. The van der Waals surface area contributed by atoms with Gasteiger partial charge < -0.3 is 16.0 Å². The van der Waals surface area contributed by atoms with Gasteiger partial charge in [0.15, 0.2) is 0 Å². The second-order valence-corrected chi connectivity index (χ2v) is 11.6. The molecule has 232 valence electrons. The van der Waals surface area contributed by atoms with Gasteiger partial charge in [0, 0.05) is 85.6 Å². The topological polar surface area (TPSA) is 113 Å². The number of aryl methyl sites for hydroxylation is 1. The summed E-state index contributed by atoms with van der Waals surface area (Å²) in [6, 6.07) is 16.7. The van der Waals surface area contributed by atoms with Crippen LogP contribution in [-0.2, 0) is 6.42 Å². The lowest BCUT2D eigenvalue weighted by molar-refractivity contribution is 0.211. The quantitative estimate of drug-likeness (QED) is 0.123. The molecule has 0 amide bonds. The first-order valence-electron chi connectivity index (χ1n) is 16.5. The molecule has 1 aliphatic rings. The molecule has 0 aromatic carbocycles. The van der Waals surface area contributed by atoms with Crippen LogP contribution in [0, 0.1) is 0 Å². The highest BCUT2D eigenvalue weighted by Crippen LogP contribution is 2.65. The second kappa shape index (κ2) is 15.5. The third-order valence-electron chi connectivity index (χ3n) is 8.23. The van der Waals surface area contributed by atoms with Gasteiger partial charge in [0.2, 0.25) is 5.95 Å². The predicted octanol–water partition coefficient (Wildman–Crippen LogP) is 7.31. The summed E-state index contributed by atoms with van der Waals surface area (Å²) in [6.07, 6.45) is 9.82. The molecule has 1 fully saturated rings. The van der Waals surface area contributed by atoms with Crippen molar-refractivity contribution in [2.45, 2.75) is 89.9 Å². The lowest BCUT2D eigenvalue weighted by Gasteiger charge is -2.51. The minimum Gasteiger partial charge on any atom is -0.370 e. The molecule has 0 radical (unpaired) electrons. The Morgan fingerprint density at radius 2 is 1.07 bits per heavy atom. The van der Waals surface area contributed by atoms with Crippen molar-refractivity contribution >= 4 is 17.6 Å². The van der Waals surface area contributed by atoms with Crippen LogP contribution in [0.15, 0.2) is 60.9 Å². The summed E-state index contributed by atoms with van der Waals surface area (Å²) in [7, 11) is 0. The number of nitrogens with zero attached hydrogens (tertiary/aromatic N) is 6. The number of hydrogen-bond donors (Lipinski definition) is 3. The smallest absolute Gasteiger partial charge is 0.224 e. The summed E-state index contributed by atoms with van der Waals surface area (Å²) in [5.41, 5.74) is 4.10. The Kier molecular flexibility index (Phi) is 11.1. The molecule has 4 heterocycles. The highest BCUT2D eigenvalue weighted by Gasteiger charge is 2.55. The van der Waals surface area contributed by atoms with Crippen molar-refractivity contribution in [3.63, 3.8) is 0 Å². The van der Waals surface area contributed by atoms with E-state index in [-0.39, 0.29) is 23.7 Å². The highest BCUT2D eigenvalue weighted by molar-refractivity contribution is 5.50. The minimum absolute atomic E-state index is 0.0262. The fourth-order valence-corrected chi connectivity index (χ4v) is 6.14. The third-order valence-corrected chi connectivity index (χ3v) is 8.23. The van der Waals surface area contributed by atoms with E-state index in [1.54, 1.807) is 0 Å². The van der Waals surface area contributed by atoms with Crippen LogP contribution in [0.2, 0.25) is 0 Å². The van der Waals surface area contributed by atoms with Gasteiger partial charge in [-0.3, -0.25) is 9.97 Å². The van der Waals surface area contributed by atoms with Gasteiger partial charge in [-0.25, -0.2) is 15.0 Å². The van der Waals surface area contributed by atoms with Gasteiger partial charge >= 0.3 is 0 Å². The van der Waals surface area contributed by atoms with Crippen molar-refractivity contribution in [3.05, 3.63) is 89.5 Å². The van der Waals surface area contributed by atoms with Gasteiger partial charge in [0.05, 0.1) is 11.4 Å². The van der Waals surface area contributed by atoms with Crippen LogP contribution < -0.4 is 16.0 Å². The maximum Gasteiger partial charge on any atom is 0.224 e. The van der Waals surface area contributed by atoms with E-state index in [9.17, 15) is 0 Å². The molecule has 5 rings (SSSR count). The van der Waals surface area contributed by atoms with E-state index in [2.05, 4.69) is 80.0 Å². The van der Waals surface area contributed by atoms with E-state index in [0.29, 0.717) is 5.95 Å². The van der Waals surface area contributed by atoms with E-state index in [4.69, 9.17) is 29.9 Å². The lowest BCUT2D eigenvalue weighted by atomic mass is 9.52. The normalized spacial score (nSPS) is 19.3. The van der Waals surface area contributed by atoms with Gasteiger partial charge in [0.1, 0.15) is 17.5 Å². The van der Waals surface area contributed by atoms with Gasteiger partial charge in [-0.05, 0) is 49.9 Å². The zero-order valence-corrected chi connectivity index (χ0v) is 26.6. The van der Waals surface area contributed by atoms with Crippen LogP contribution in [-0.4, -0.2) is 49.5 Å². The molecule has 4 aromatic rings. The van der Waals surface area contributed by atoms with Crippen molar-refractivity contribution in [2.75, 3.05) is 35.6 Å². The fourth-order valence-electron chi connectivity index (χ4n) is 6.14. The first-order valence-corrected chi connectivity index (χ1v) is 16.5. The summed E-state index contributed by atoms with van der Waals surface area (Å²) < 4.78 is 0. The Balaban J connectivity index is 1.67. The average Bonchev–Trinajstić information content (AvgIpc) is 3.05. The lowest BCUT2D eigenvalue weighted by Crippen LogP contribution is -2.42. The molecule has 3 N–H and O–H groups in total.